The maximum atomic E-state index is 12.8. The van der Waals surface area contributed by atoms with Crippen LogP contribution in [0.3, 0.4) is 0 Å². The number of carboxylic acid groups (broad SMARTS) is 1. The van der Waals surface area contributed by atoms with Gasteiger partial charge in [-0.05, 0) is 25.1 Å². The van der Waals surface area contributed by atoms with Gasteiger partial charge in [0, 0.05) is 24.5 Å². The van der Waals surface area contributed by atoms with Crippen molar-refractivity contribution in [2.75, 3.05) is 6.54 Å². The molecule has 128 valence electrons. The van der Waals surface area contributed by atoms with E-state index < -0.39 is 12.1 Å². The molecule has 0 bridgehead atoms. The molecule has 1 amide bonds. The molecule has 3 aromatic rings. The van der Waals surface area contributed by atoms with Crippen LogP contribution in [-0.2, 0) is 0 Å². The molecule has 3 rings (SSSR count). The Morgan fingerprint density at radius 3 is 2.96 bits per heavy atom. The molecular formula is C16H14ClN5O3. The lowest BCUT2D eigenvalue weighted by molar-refractivity contribution is 0.192. The minimum Gasteiger partial charge on any atom is -0.465 e. The molecule has 0 saturated carbocycles. The van der Waals surface area contributed by atoms with E-state index in [4.69, 9.17) is 16.7 Å². The summed E-state index contributed by atoms with van der Waals surface area (Å²) in [7, 11) is 0. The van der Waals surface area contributed by atoms with Crippen LogP contribution in [0, 0.1) is 0 Å². The molecule has 0 spiro atoms. The Morgan fingerprint density at radius 1 is 1.48 bits per heavy atom. The molecular weight excluding hydrogens is 346 g/mol. The van der Waals surface area contributed by atoms with E-state index in [1.54, 1.807) is 31.5 Å². The summed E-state index contributed by atoms with van der Waals surface area (Å²) >= 11 is 6.08. The number of nitrogens with zero attached hydrogens (tertiary/aromatic N) is 4. The predicted molar refractivity (Wildman–Crippen MR) is 92.8 cm³/mol. The normalized spacial score (nSPS) is 12.1. The second-order valence-electron chi connectivity index (χ2n) is 5.42. The Bertz CT molecular complexity index is 990. The van der Waals surface area contributed by atoms with Crippen molar-refractivity contribution in [3.63, 3.8) is 0 Å². The van der Waals surface area contributed by atoms with E-state index >= 15 is 0 Å². The number of hydrogen-bond donors (Lipinski definition) is 2. The molecule has 0 aliphatic heterocycles. The summed E-state index contributed by atoms with van der Waals surface area (Å²) in [6, 6.07) is 4.61. The van der Waals surface area contributed by atoms with Gasteiger partial charge in [0.25, 0.3) is 5.56 Å². The van der Waals surface area contributed by atoms with Crippen LogP contribution in [0.25, 0.3) is 22.2 Å². The smallest absolute Gasteiger partial charge is 0.404 e. The first-order chi connectivity index (χ1) is 12.0. The van der Waals surface area contributed by atoms with Crippen molar-refractivity contribution in [1.29, 1.82) is 0 Å². The molecule has 0 saturated heterocycles. The summed E-state index contributed by atoms with van der Waals surface area (Å²) in [6.07, 6.45) is 3.48. The summed E-state index contributed by atoms with van der Waals surface area (Å²) in [4.78, 5) is 36.1. The highest BCUT2D eigenvalue weighted by Crippen LogP contribution is 2.25. The van der Waals surface area contributed by atoms with Gasteiger partial charge in [0.1, 0.15) is 16.4 Å². The lowest BCUT2D eigenvalue weighted by atomic mass is 10.1. The molecule has 1 unspecified atom stereocenters. The van der Waals surface area contributed by atoms with Gasteiger partial charge >= 0.3 is 6.09 Å². The Balaban J connectivity index is 2.14. The van der Waals surface area contributed by atoms with E-state index in [2.05, 4.69) is 20.3 Å². The van der Waals surface area contributed by atoms with Crippen molar-refractivity contribution in [3.05, 3.63) is 52.4 Å². The Labute approximate surface area is 147 Å². The van der Waals surface area contributed by atoms with Crippen LogP contribution < -0.4 is 10.9 Å². The second-order valence-corrected chi connectivity index (χ2v) is 5.81. The van der Waals surface area contributed by atoms with E-state index in [-0.39, 0.29) is 17.3 Å². The minimum absolute atomic E-state index is 0.0801. The Morgan fingerprint density at radius 2 is 2.28 bits per heavy atom. The van der Waals surface area contributed by atoms with E-state index in [1.165, 1.54) is 17.0 Å². The molecule has 0 fully saturated rings. The molecule has 3 aromatic heterocycles. The third-order valence-corrected chi connectivity index (χ3v) is 3.89. The lowest BCUT2D eigenvalue weighted by Crippen LogP contribution is -2.33. The zero-order chi connectivity index (χ0) is 18.0. The third kappa shape index (κ3) is 3.43. The van der Waals surface area contributed by atoms with E-state index in [0.717, 1.165) is 0 Å². The first-order valence-corrected chi connectivity index (χ1v) is 7.79. The number of halogens is 1. The van der Waals surface area contributed by atoms with Gasteiger partial charge in [-0.15, -0.1) is 0 Å². The number of fused-ring (bicyclic) bond motifs is 1. The van der Waals surface area contributed by atoms with E-state index in [1.807, 2.05) is 0 Å². The lowest BCUT2D eigenvalue weighted by Gasteiger charge is -2.15. The van der Waals surface area contributed by atoms with Crippen LogP contribution >= 0.6 is 11.6 Å². The highest BCUT2D eigenvalue weighted by Gasteiger charge is 2.16. The SMILES string of the molecule is CC(CNC(=O)O)n1cnc2c(-c3cccnc3)nc(Cl)cc2c1=O. The van der Waals surface area contributed by atoms with Crippen LogP contribution in [0.15, 0.2) is 41.7 Å². The molecule has 0 aromatic carbocycles. The van der Waals surface area contributed by atoms with Gasteiger partial charge in [0.15, 0.2) is 0 Å². The fourth-order valence-corrected chi connectivity index (χ4v) is 2.66. The van der Waals surface area contributed by atoms with Gasteiger partial charge in [0.2, 0.25) is 0 Å². The molecule has 3 heterocycles. The van der Waals surface area contributed by atoms with Crippen molar-refractivity contribution in [2.24, 2.45) is 0 Å². The highest BCUT2D eigenvalue weighted by atomic mass is 35.5. The first-order valence-electron chi connectivity index (χ1n) is 7.42. The predicted octanol–water partition coefficient (Wildman–Crippen LogP) is 2.34. The van der Waals surface area contributed by atoms with Gasteiger partial charge < -0.3 is 10.4 Å². The number of pyridine rings is 2. The summed E-state index contributed by atoms with van der Waals surface area (Å²) in [5.41, 5.74) is 1.26. The Hall–Kier alpha value is -3.00. The highest BCUT2D eigenvalue weighted by molar-refractivity contribution is 6.30. The number of rotatable bonds is 4. The van der Waals surface area contributed by atoms with Gasteiger partial charge in [-0.1, -0.05) is 11.6 Å². The summed E-state index contributed by atoms with van der Waals surface area (Å²) < 4.78 is 1.36. The molecule has 0 aliphatic carbocycles. The maximum Gasteiger partial charge on any atom is 0.404 e. The largest absolute Gasteiger partial charge is 0.465 e. The van der Waals surface area contributed by atoms with Crippen LogP contribution in [0.4, 0.5) is 4.79 Å². The summed E-state index contributed by atoms with van der Waals surface area (Å²) in [5, 5.41) is 11.4. The number of hydrogen-bond acceptors (Lipinski definition) is 5. The van der Waals surface area contributed by atoms with Crippen molar-refractivity contribution in [2.45, 2.75) is 13.0 Å². The standard InChI is InChI=1S/C16H14ClN5O3/c1-9(6-19-16(24)25)22-8-20-14-11(15(22)23)5-12(17)21-13(14)10-3-2-4-18-7-10/h2-5,7-9,19H,6H2,1H3,(H,24,25). The maximum absolute atomic E-state index is 12.8. The monoisotopic (exact) mass is 359 g/mol. The van der Waals surface area contributed by atoms with Gasteiger partial charge in [0.05, 0.1) is 17.8 Å². The fraction of sp³-hybridized carbons (Fsp3) is 0.188. The van der Waals surface area contributed by atoms with Crippen LogP contribution in [-0.4, -0.2) is 37.3 Å². The van der Waals surface area contributed by atoms with Gasteiger partial charge in [-0.3, -0.25) is 14.3 Å². The Kier molecular flexibility index (Phi) is 4.62. The first kappa shape index (κ1) is 16.8. The summed E-state index contributed by atoms with van der Waals surface area (Å²) in [6.45, 7) is 1.80. The second kappa shape index (κ2) is 6.86. The third-order valence-electron chi connectivity index (χ3n) is 3.70. The molecule has 0 radical (unpaired) electrons. The van der Waals surface area contributed by atoms with Crippen molar-refractivity contribution in [1.82, 2.24) is 24.8 Å². The van der Waals surface area contributed by atoms with Crippen LogP contribution in [0.5, 0.6) is 0 Å². The molecule has 8 nitrogen and oxygen atoms in total. The topological polar surface area (TPSA) is 110 Å². The molecule has 9 heteroatoms. The molecule has 2 N–H and O–H groups in total. The number of amides is 1. The molecule has 1 atom stereocenters. The van der Waals surface area contributed by atoms with Crippen molar-refractivity contribution in [3.8, 4) is 11.3 Å². The van der Waals surface area contributed by atoms with Crippen LogP contribution in [0.1, 0.15) is 13.0 Å². The van der Waals surface area contributed by atoms with Gasteiger partial charge in [-0.25, -0.2) is 14.8 Å². The molecule has 0 aliphatic rings. The van der Waals surface area contributed by atoms with Crippen molar-refractivity contribution < 1.29 is 9.90 Å². The minimum atomic E-state index is -1.15. The zero-order valence-corrected chi connectivity index (χ0v) is 13.9. The van der Waals surface area contributed by atoms with Crippen LogP contribution in [0.2, 0.25) is 5.15 Å². The summed E-state index contributed by atoms with van der Waals surface area (Å²) in [5.74, 6) is 0. The number of aromatic nitrogens is 4. The van der Waals surface area contributed by atoms with Crippen molar-refractivity contribution >= 4 is 28.6 Å². The van der Waals surface area contributed by atoms with E-state index in [0.29, 0.717) is 22.2 Å². The quantitative estimate of drug-likeness (QED) is 0.692. The number of carbonyl (C=O) groups is 1. The average molecular weight is 360 g/mol. The number of nitrogens with one attached hydrogen (secondary N) is 1. The fourth-order valence-electron chi connectivity index (χ4n) is 2.46. The zero-order valence-electron chi connectivity index (χ0n) is 13.2. The van der Waals surface area contributed by atoms with Gasteiger partial charge in [-0.2, -0.15) is 0 Å². The average Bonchev–Trinajstić information content (AvgIpc) is 2.60. The molecule has 25 heavy (non-hydrogen) atoms. The van der Waals surface area contributed by atoms with E-state index in [9.17, 15) is 9.59 Å².